The third-order valence-corrected chi connectivity index (χ3v) is 5.18. The number of aryl methyl sites for hydroxylation is 1. The van der Waals surface area contributed by atoms with Crippen molar-refractivity contribution in [2.24, 2.45) is 0 Å². The molecule has 26 heavy (non-hydrogen) atoms. The number of benzene rings is 1. The van der Waals surface area contributed by atoms with Crippen LogP contribution in [0.15, 0.2) is 23.0 Å². The van der Waals surface area contributed by atoms with E-state index < -0.39 is 0 Å². The van der Waals surface area contributed by atoms with Crippen molar-refractivity contribution < 1.29 is 9.47 Å². The third-order valence-electron chi connectivity index (χ3n) is 5.18. The SMILES string of the molecule is COc1cccc(CN2CCC[C@H](c3nc(C)c(C)c(=O)[nH]3)C2)c1OC. The minimum atomic E-state index is -0.0286. The summed E-state index contributed by atoms with van der Waals surface area (Å²) < 4.78 is 11.0. The number of aromatic nitrogens is 2. The molecule has 6 nitrogen and oxygen atoms in total. The molecule has 1 atom stereocenters. The van der Waals surface area contributed by atoms with Gasteiger partial charge < -0.3 is 14.5 Å². The van der Waals surface area contributed by atoms with Crippen LogP contribution < -0.4 is 15.0 Å². The lowest BCUT2D eigenvalue weighted by atomic mass is 9.96. The Labute approximate surface area is 154 Å². The van der Waals surface area contributed by atoms with Gasteiger partial charge in [0.15, 0.2) is 11.5 Å². The Morgan fingerprint density at radius 3 is 2.77 bits per heavy atom. The van der Waals surface area contributed by atoms with Crippen molar-refractivity contribution in [3.05, 3.63) is 51.2 Å². The summed E-state index contributed by atoms with van der Waals surface area (Å²) in [6.45, 7) is 6.38. The van der Waals surface area contributed by atoms with E-state index in [1.807, 2.05) is 26.0 Å². The summed E-state index contributed by atoms with van der Waals surface area (Å²) in [5, 5.41) is 0. The van der Waals surface area contributed by atoms with Gasteiger partial charge in [0, 0.05) is 35.8 Å². The minimum absolute atomic E-state index is 0.0286. The standard InChI is InChI=1S/C20H27N3O3/c1-13-14(2)21-19(22-20(13)24)16-8-6-10-23(12-16)11-15-7-5-9-17(25-3)18(15)26-4/h5,7,9,16H,6,8,10-12H2,1-4H3,(H,21,22,24)/t16-/m0/s1. The van der Waals surface area contributed by atoms with E-state index >= 15 is 0 Å². The lowest BCUT2D eigenvalue weighted by Crippen LogP contribution is -2.35. The molecular formula is C20H27N3O3. The molecule has 0 saturated carbocycles. The number of likely N-dealkylation sites (tertiary alicyclic amines) is 1. The predicted octanol–water partition coefficient (Wildman–Crippen LogP) is 2.78. The highest BCUT2D eigenvalue weighted by Gasteiger charge is 2.25. The second kappa shape index (κ2) is 7.91. The molecule has 1 saturated heterocycles. The Morgan fingerprint density at radius 1 is 1.27 bits per heavy atom. The molecule has 140 valence electrons. The van der Waals surface area contributed by atoms with E-state index in [-0.39, 0.29) is 11.5 Å². The summed E-state index contributed by atoms with van der Waals surface area (Å²) in [7, 11) is 3.32. The maximum atomic E-state index is 12.1. The first-order valence-corrected chi connectivity index (χ1v) is 9.03. The Balaban J connectivity index is 1.79. The summed E-state index contributed by atoms with van der Waals surface area (Å²) in [5.41, 5.74) is 2.59. The lowest BCUT2D eigenvalue weighted by molar-refractivity contribution is 0.193. The Hall–Kier alpha value is -2.34. The Bertz CT molecular complexity index is 832. The average molecular weight is 357 g/mol. The first-order valence-electron chi connectivity index (χ1n) is 9.03. The van der Waals surface area contributed by atoms with E-state index in [1.165, 1.54) is 0 Å². The van der Waals surface area contributed by atoms with Crippen molar-refractivity contribution in [3.63, 3.8) is 0 Å². The summed E-state index contributed by atoms with van der Waals surface area (Å²) in [4.78, 5) is 22.1. The predicted molar refractivity (Wildman–Crippen MR) is 101 cm³/mol. The zero-order valence-electron chi connectivity index (χ0n) is 16.0. The van der Waals surface area contributed by atoms with Crippen LogP contribution in [-0.4, -0.2) is 42.2 Å². The molecule has 0 radical (unpaired) electrons. The normalized spacial score (nSPS) is 17.9. The zero-order valence-corrected chi connectivity index (χ0v) is 16.0. The van der Waals surface area contributed by atoms with E-state index in [0.29, 0.717) is 5.56 Å². The van der Waals surface area contributed by atoms with E-state index in [4.69, 9.17) is 9.47 Å². The van der Waals surface area contributed by atoms with Gasteiger partial charge in [0.1, 0.15) is 5.82 Å². The number of hydrogen-bond acceptors (Lipinski definition) is 5. The Kier molecular flexibility index (Phi) is 5.61. The highest BCUT2D eigenvalue weighted by atomic mass is 16.5. The molecule has 1 aliphatic rings. The molecule has 0 spiro atoms. The molecule has 0 aliphatic carbocycles. The first kappa shape index (κ1) is 18.5. The van der Waals surface area contributed by atoms with Crippen LogP contribution in [0.4, 0.5) is 0 Å². The van der Waals surface area contributed by atoms with Gasteiger partial charge in [-0.3, -0.25) is 9.69 Å². The van der Waals surface area contributed by atoms with Crippen LogP contribution >= 0.6 is 0 Å². The number of para-hydroxylation sites is 1. The quantitative estimate of drug-likeness (QED) is 0.891. The number of nitrogens with one attached hydrogen (secondary N) is 1. The molecule has 0 unspecified atom stereocenters. The molecule has 0 amide bonds. The Morgan fingerprint density at radius 2 is 2.08 bits per heavy atom. The summed E-state index contributed by atoms with van der Waals surface area (Å²) in [6.07, 6.45) is 2.12. The fourth-order valence-electron chi connectivity index (χ4n) is 3.60. The minimum Gasteiger partial charge on any atom is -0.493 e. The fourth-order valence-corrected chi connectivity index (χ4v) is 3.60. The largest absolute Gasteiger partial charge is 0.493 e. The van der Waals surface area contributed by atoms with Crippen LogP contribution in [0.2, 0.25) is 0 Å². The average Bonchev–Trinajstić information content (AvgIpc) is 2.65. The zero-order chi connectivity index (χ0) is 18.7. The molecule has 1 N–H and O–H groups in total. The van der Waals surface area contributed by atoms with E-state index in [9.17, 15) is 4.79 Å². The highest BCUT2D eigenvalue weighted by Crippen LogP contribution is 2.33. The highest BCUT2D eigenvalue weighted by molar-refractivity contribution is 5.46. The van der Waals surface area contributed by atoms with E-state index in [2.05, 4.69) is 20.9 Å². The van der Waals surface area contributed by atoms with Gasteiger partial charge >= 0.3 is 0 Å². The molecule has 1 fully saturated rings. The van der Waals surface area contributed by atoms with Crippen LogP contribution in [0.3, 0.4) is 0 Å². The molecular weight excluding hydrogens is 330 g/mol. The van der Waals surface area contributed by atoms with Crippen molar-refractivity contribution in [2.75, 3.05) is 27.3 Å². The smallest absolute Gasteiger partial charge is 0.254 e. The van der Waals surface area contributed by atoms with Gasteiger partial charge in [-0.2, -0.15) is 0 Å². The van der Waals surface area contributed by atoms with E-state index in [0.717, 1.165) is 61.1 Å². The van der Waals surface area contributed by atoms with Gasteiger partial charge in [-0.05, 0) is 39.3 Å². The van der Waals surface area contributed by atoms with Crippen molar-refractivity contribution in [2.45, 2.75) is 39.2 Å². The molecule has 3 rings (SSSR count). The molecule has 2 heterocycles. The number of ether oxygens (including phenoxy) is 2. The monoisotopic (exact) mass is 357 g/mol. The van der Waals surface area contributed by atoms with Gasteiger partial charge in [0.2, 0.25) is 0 Å². The number of nitrogens with zero attached hydrogens (tertiary/aromatic N) is 2. The number of rotatable bonds is 5. The molecule has 1 aromatic carbocycles. The molecule has 1 aliphatic heterocycles. The van der Waals surface area contributed by atoms with Crippen molar-refractivity contribution >= 4 is 0 Å². The number of hydrogen-bond donors (Lipinski definition) is 1. The van der Waals surface area contributed by atoms with Crippen LogP contribution in [-0.2, 0) is 6.54 Å². The van der Waals surface area contributed by atoms with Crippen molar-refractivity contribution in [3.8, 4) is 11.5 Å². The fraction of sp³-hybridized carbons (Fsp3) is 0.500. The topological polar surface area (TPSA) is 67.5 Å². The van der Waals surface area contributed by atoms with Crippen molar-refractivity contribution in [1.82, 2.24) is 14.9 Å². The van der Waals surface area contributed by atoms with Gasteiger partial charge in [0.05, 0.1) is 14.2 Å². The lowest BCUT2D eigenvalue weighted by Gasteiger charge is -2.32. The van der Waals surface area contributed by atoms with Crippen LogP contribution in [0.25, 0.3) is 0 Å². The van der Waals surface area contributed by atoms with Gasteiger partial charge in [-0.15, -0.1) is 0 Å². The van der Waals surface area contributed by atoms with Crippen molar-refractivity contribution in [1.29, 1.82) is 0 Å². The summed E-state index contributed by atoms with van der Waals surface area (Å²) in [5.74, 6) is 2.58. The van der Waals surface area contributed by atoms with Gasteiger partial charge in [-0.1, -0.05) is 12.1 Å². The molecule has 2 aromatic rings. The van der Waals surface area contributed by atoms with Gasteiger partial charge in [0.25, 0.3) is 5.56 Å². The molecule has 6 heteroatoms. The van der Waals surface area contributed by atoms with Crippen LogP contribution in [0.5, 0.6) is 11.5 Å². The van der Waals surface area contributed by atoms with Gasteiger partial charge in [-0.25, -0.2) is 4.98 Å². The molecule has 1 aromatic heterocycles. The van der Waals surface area contributed by atoms with Crippen LogP contribution in [0.1, 0.15) is 41.4 Å². The maximum absolute atomic E-state index is 12.1. The number of H-pyrrole nitrogens is 1. The number of aromatic amines is 1. The second-order valence-electron chi connectivity index (χ2n) is 6.89. The number of piperidine rings is 1. The maximum Gasteiger partial charge on any atom is 0.254 e. The second-order valence-corrected chi connectivity index (χ2v) is 6.89. The van der Waals surface area contributed by atoms with Crippen LogP contribution in [0, 0.1) is 13.8 Å². The van der Waals surface area contributed by atoms with E-state index in [1.54, 1.807) is 14.2 Å². The number of methoxy groups -OCH3 is 2. The molecule has 0 bridgehead atoms. The summed E-state index contributed by atoms with van der Waals surface area (Å²) in [6, 6.07) is 5.96. The third kappa shape index (κ3) is 3.75. The first-order chi connectivity index (χ1) is 12.5. The summed E-state index contributed by atoms with van der Waals surface area (Å²) >= 11 is 0.